The van der Waals surface area contributed by atoms with Gasteiger partial charge in [0.25, 0.3) is 0 Å². The van der Waals surface area contributed by atoms with E-state index in [2.05, 4.69) is 39.9 Å². The molecule has 4 aromatic heterocycles. The van der Waals surface area contributed by atoms with Gasteiger partial charge >= 0.3 is 43.2 Å². The third kappa shape index (κ3) is 12.7. The van der Waals surface area contributed by atoms with Crippen LogP contribution in [-0.2, 0) is 26.7 Å². The van der Waals surface area contributed by atoms with Crippen LogP contribution in [0.15, 0.2) is 98.4 Å². The molecule has 0 atom stereocenters. The first kappa shape index (κ1) is 46.7. The fourth-order valence-electron chi connectivity index (χ4n) is 5.15. The number of carbonyl (C=O) groups excluding carboxylic acids is 1. The van der Waals surface area contributed by atoms with Crippen LogP contribution in [0.25, 0.3) is 46.1 Å². The number of hydrogen-bond donors (Lipinski definition) is 1. The van der Waals surface area contributed by atoms with Crippen LogP contribution in [0, 0.1) is 13.8 Å². The topological polar surface area (TPSA) is 197 Å². The Bertz CT molecular complexity index is 2470. The van der Waals surface area contributed by atoms with Crippen molar-refractivity contribution in [1.82, 2.24) is 39.9 Å². The van der Waals surface area contributed by atoms with Gasteiger partial charge in [-0.25, -0.2) is 49.5 Å². The van der Waals surface area contributed by atoms with Crippen LogP contribution in [0.4, 0.5) is 26.3 Å². The molecule has 0 amide bonds. The molecule has 0 saturated heterocycles. The standard InChI is InChI=1S/C20H15F3N4O2.C19H13F3N4O2.Li.H2O/c1-12-5-13(7-15(6-12)20(21,22)23)18-26-4-3-16(27-18)8-17(19(28)29-2)14-9-24-11-25-10-14;1-11-4-12(6-14(5-11)19(20,21)22)17-25-3-2-15(26-17)7-16(18(27)28)13-8-23-10-24-9-13;;/h3-11H,1-2H3;2-10H,1H3,(H,27,28);;1H2/q;;+1;/p-1/b17-8+;16-7+;;. The van der Waals surface area contributed by atoms with E-state index in [4.69, 9.17) is 4.74 Å². The van der Waals surface area contributed by atoms with E-state index in [9.17, 15) is 41.0 Å². The molecule has 0 fully saturated rings. The van der Waals surface area contributed by atoms with Crippen LogP contribution >= 0.6 is 0 Å². The third-order valence-electron chi connectivity index (χ3n) is 7.64. The summed E-state index contributed by atoms with van der Waals surface area (Å²) in [7, 11) is 1.23. The second-order valence-corrected chi connectivity index (χ2v) is 11.9. The summed E-state index contributed by atoms with van der Waals surface area (Å²) in [6, 6.07) is 10.1. The van der Waals surface area contributed by atoms with Gasteiger partial charge in [0.2, 0.25) is 0 Å². The van der Waals surface area contributed by atoms with E-state index in [-0.39, 0.29) is 69.5 Å². The number of ether oxygens (including phenoxy) is 1. The number of nitrogens with zero attached hydrogens (tertiary/aromatic N) is 8. The zero-order chi connectivity index (χ0) is 41.3. The molecular formula is C39H29F6LiN8O5. The van der Waals surface area contributed by atoms with Crippen molar-refractivity contribution in [3.63, 3.8) is 0 Å². The van der Waals surface area contributed by atoms with Gasteiger partial charge in [0.15, 0.2) is 11.6 Å². The Kier molecular flexibility index (Phi) is 15.9. The molecule has 0 saturated carbocycles. The number of esters is 1. The Labute approximate surface area is 343 Å². The van der Waals surface area contributed by atoms with Gasteiger partial charge < -0.3 is 15.3 Å². The quantitative estimate of drug-likeness (QED) is 0.0964. The number of carboxylic acid groups (broad SMARTS) is 1. The largest absolute Gasteiger partial charge is 1.00 e. The SMILES string of the molecule is COC(=O)/C(=C/c1ccnc(-c2cc(C)cc(C(F)(F)F)c2)n1)c1cncnc1.Cc1cc(-c2nccc(/C=C(/C(=O)O)c3cncnc3)n2)cc(C(F)(F)F)c1.[Li+].[OH-]. The number of hydrogen-bond acceptors (Lipinski definition) is 12. The van der Waals surface area contributed by atoms with Crippen LogP contribution in [0.5, 0.6) is 0 Å². The van der Waals surface area contributed by atoms with E-state index in [1.165, 1.54) is 87.3 Å². The maximum absolute atomic E-state index is 13.1. The third-order valence-corrected chi connectivity index (χ3v) is 7.64. The Morgan fingerprint density at radius 1 is 0.644 bits per heavy atom. The van der Waals surface area contributed by atoms with Gasteiger partial charge in [-0.05, 0) is 85.7 Å². The summed E-state index contributed by atoms with van der Waals surface area (Å²) < 4.78 is 83.3. The Morgan fingerprint density at radius 3 is 1.41 bits per heavy atom. The number of aromatic nitrogens is 8. The molecule has 6 aromatic rings. The summed E-state index contributed by atoms with van der Waals surface area (Å²) in [6.45, 7) is 3.10. The molecule has 2 N–H and O–H groups in total. The minimum atomic E-state index is -4.50. The van der Waals surface area contributed by atoms with Crippen molar-refractivity contribution in [3.8, 4) is 22.8 Å². The Hall–Kier alpha value is -6.68. The molecule has 2 aromatic carbocycles. The smallest absolute Gasteiger partial charge is 0.870 e. The van der Waals surface area contributed by atoms with Crippen LogP contribution in [0.1, 0.15) is 44.8 Å². The van der Waals surface area contributed by atoms with Crippen LogP contribution in [0.3, 0.4) is 0 Å². The number of carbonyl (C=O) groups is 2. The molecular weight excluding hydrogens is 781 g/mol. The van der Waals surface area contributed by atoms with Gasteiger partial charge in [-0.3, -0.25) is 0 Å². The molecule has 0 bridgehead atoms. The molecule has 59 heavy (non-hydrogen) atoms. The molecule has 0 unspecified atom stereocenters. The number of methoxy groups -OCH3 is 1. The van der Waals surface area contributed by atoms with E-state index in [0.29, 0.717) is 22.4 Å². The molecule has 298 valence electrons. The minimum absolute atomic E-state index is 0. The number of carboxylic acids is 1. The normalized spacial score (nSPS) is 11.6. The molecule has 13 nitrogen and oxygen atoms in total. The van der Waals surface area contributed by atoms with Crippen molar-refractivity contribution in [1.29, 1.82) is 0 Å². The van der Waals surface area contributed by atoms with Crippen LogP contribution in [0.2, 0.25) is 0 Å². The van der Waals surface area contributed by atoms with E-state index in [0.717, 1.165) is 24.3 Å². The van der Waals surface area contributed by atoms with Crippen molar-refractivity contribution in [2.75, 3.05) is 7.11 Å². The van der Waals surface area contributed by atoms with Crippen molar-refractivity contribution >= 4 is 35.2 Å². The van der Waals surface area contributed by atoms with Crippen molar-refractivity contribution < 1.29 is 70.1 Å². The van der Waals surface area contributed by atoms with E-state index in [1.54, 1.807) is 19.9 Å². The fourth-order valence-corrected chi connectivity index (χ4v) is 5.15. The molecule has 0 radical (unpaired) electrons. The second kappa shape index (κ2) is 20.1. The van der Waals surface area contributed by atoms with Crippen molar-refractivity contribution in [2.24, 2.45) is 0 Å². The number of alkyl halides is 6. The molecule has 20 heteroatoms. The van der Waals surface area contributed by atoms with Crippen LogP contribution in [-0.4, -0.2) is 69.5 Å². The summed E-state index contributed by atoms with van der Waals surface area (Å²) >= 11 is 0. The predicted octanol–water partition coefficient (Wildman–Crippen LogP) is 4.69. The molecule has 0 aliphatic heterocycles. The molecule has 6 rings (SSSR count). The maximum Gasteiger partial charge on any atom is 1.00 e. The first-order valence-corrected chi connectivity index (χ1v) is 16.3. The van der Waals surface area contributed by atoms with Gasteiger partial charge in [-0.2, -0.15) is 26.3 Å². The zero-order valence-corrected chi connectivity index (χ0v) is 31.4. The monoisotopic (exact) mass is 810 g/mol. The average Bonchev–Trinajstić information content (AvgIpc) is 3.18. The summed E-state index contributed by atoms with van der Waals surface area (Å²) in [4.78, 5) is 55.6. The van der Waals surface area contributed by atoms with Crippen LogP contribution < -0.4 is 18.9 Å². The number of benzene rings is 2. The first-order valence-electron chi connectivity index (χ1n) is 16.3. The number of aliphatic carboxylic acids is 1. The molecule has 0 aliphatic carbocycles. The maximum atomic E-state index is 13.1. The van der Waals surface area contributed by atoms with E-state index < -0.39 is 35.4 Å². The average molecular weight is 811 g/mol. The number of aryl methyl sites for hydroxylation is 2. The molecule has 4 heterocycles. The summed E-state index contributed by atoms with van der Waals surface area (Å²) in [6.07, 6.45) is 4.64. The molecule has 0 aliphatic rings. The molecule has 0 spiro atoms. The van der Waals surface area contributed by atoms with Gasteiger partial charge in [-0.1, -0.05) is 0 Å². The Morgan fingerprint density at radius 2 is 1.03 bits per heavy atom. The summed E-state index contributed by atoms with van der Waals surface area (Å²) in [5, 5.41) is 9.44. The zero-order valence-electron chi connectivity index (χ0n) is 31.4. The van der Waals surface area contributed by atoms with Gasteiger partial charge in [-0.15, -0.1) is 0 Å². The summed E-state index contributed by atoms with van der Waals surface area (Å²) in [5.74, 6) is -1.70. The number of halogens is 6. The first-order chi connectivity index (χ1) is 27.0. The van der Waals surface area contributed by atoms with E-state index in [1.807, 2.05) is 0 Å². The minimum Gasteiger partial charge on any atom is -0.870 e. The second-order valence-electron chi connectivity index (χ2n) is 11.9. The van der Waals surface area contributed by atoms with Crippen molar-refractivity contribution in [2.45, 2.75) is 26.2 Å². The summed E-state index contributed by atoms with van der Waals surface area (Å²) in [5.41, 5.74) is 0.905. The fraction of sp³-hybridized carbons (Fsp3) is 0.128. The van der Waals surface area contributed by atoms with Gasteiger partial charge in [0.05, 0.1) is 40.8 Å². The van der Waals surface area contributed by atoms with E-state index >= 15 is 0 Å². The number of rotatable bonds is 8. The predicted molar refractivity (Wildman–Crippen MR) is 196 cm³/mol. The van der Waals surface area contributed by atoms with Gasteiger partial charge in [0, 0.05) is 59.4 Å². The Balaban J connectivity index is 0.000000305. The van der Waals surface area contributed by atoms with Crippen molar-refractivity contribution in [3.05, 3.63) is 143 Å². The van der Waals surface area contributed by atoms with Gasteiger partial charge in [0.1, 0.15) is 12.7 Å².